The summed E-state index contributed by atoms with van der Waals surface area (Å²) in [6, 6.07) is -0.310. The Kier molecular flexibility index (Phi) is 4.11. The van der Waals surface area contributed by atoms with E-state index >= 15 is 0 Å². The molecule has 1 saturated heterocycles. The molecule has 0 aromatic rings. The van der Waals surface area contributed by atoms with Gasteiger partial charge in [0, 0.05) is 38.3 Å². The van der Waals surface area contributed by atoms with E-state index in [1.165, 1.54) is 0 Å². The molecule has 0 bridgehead atoms. The van der Waals surface area contributed by atoms with Crippen LogP contribution in [0.4, 0.5) is 13.2 Å². The van der Waals surface area contributed by atoms with Crippen LogP contribution in [0.25, 0.3) is 0 Å². The molecule has 4 nitrogen and oxygen atoms in total. The normalized spacial score (nSPS) is 30.4. The zero-order valence-electron chi connectivity index (χ0n) is 10.1. The number of nitrogens with zero attached hydrogens (tertiary/aromatic N) is 1. The monoisotopic (exact) mass is 265 g/mol. The quantitative estimate of drug-likeness (QED) is 0.764. The number of halogens is 3. The first-order valence-electron chi connectivity index (χ1n) is 6.31. The summed E-state index contributed by atoms with van der Waals surface area (Å²) in [5.74, 6) is -1.81. The summed E-state index contributed by atoms with van der Waals surface area (Å²) < 4.78 is 36.7. The van der Waals surface area contributed by atoms with E-state index in [1.54, 1.807) is 0 Å². The summed E-state index contributed by atoms with van der Waals surface area (Å²) in [5, 5.41) is 5.35. The number of carbonyl (C=O) groups is 1. The molecule has 2 atom stereocenters. The van der Waals surface area contributed by atoms with Crippen LogP contribution in [0.2, 0.25) is 0 Å². The van der Waals surface area contributed by atoms with Gasteiger partial charge in [0.1, 0.15) is 0 Å². The predicted octanol–water partition coefficient (Wildman–Crippen LogP) is 0.491. The summed E-state index contributed by atoms with van der Waals surface area (Å²) >= 11 is 0. The summed E-state index contributed by atoms with van der Waals surface area (Å²) in [6.07, 6.45) is -2.41. The summed E-state index contributed by atoms with van der Waals surface area (Å²) in [6.45, 7) is 3.39. The third-order valence-corrected chi connectivity index (χ3v) is 3.67. The van der Waals surface area contributed by atoms with Crippen LogP contribution >= 0.6 is 0 Å². The van der Waals surface area contributed by atoms with Crippen LogP contribution < -0.4 is 10.6 Å². The minimum absolute atomic E-state index is 0.0541. The maximum absolute atomic E-state index is 12.2. The number of carbonyl (C=O) groups excluding carboxylic acids is 1. The molecule has 1 saturated carbocycles. The Hall–Kier alpha value is -0.820. The molecule has 104 valence electrons. The second-order valence-electron chi connectivity index (χ2n) is 4.86. The van der Waals surface area contributed by atoms with Gasteiger partial charge in [-0.25, -0.2) is 0 Å². The van der Waals surface area contributed by atoms with Gasteiger partial charge in [-0.2, -0.15) is 13.2 Å². The fourth-order valence-corrected chi connectivity index (χ4v) is 2.81. The summed E-state index contributed by atoms with van der Waals surface area (Å²) in [7, 11) is 0. The van der Waals surface area contributed by atoms with E-state index in [0.29, 0.717) is 6.42 Å². The molecule has 1 heterocycles. The molecule has 0 aromatic carbocycles. The van der Waals surface area contributed by atoms with Crippen LogP contribution in [0.3, 0.4) is 0 Å². The van der Waals surface area contributed by atoms with Gasteiger partial charge in [-0.3, -0.25) is 9.69 Å². The summed E-state index contributed by atoms with van der Waals surface area (Å²) in [4.78, 5) is 13.2. The molecule has 2 fully saturated rings. The molecule has 0 radical (unpaired) electrons. The zero-order chi connectivity index (χ0) is 13.2. The highest BCUT2D eigenvalue weighted by Gasteiger charge is 2.42. The van der Waals surface area contributed by atoms with Gasteiger partial charge in [0.25, 0.3) is 0 Å². The lowest BCUT2D eigenvalue weighted by Gasteiger charge is -2.36. The lowest BCUT2D eigenvalue weighted by molar-refractivity contribution is -0.174. The fraction of sp³-hybridized carbons (Fsp3) is 0.909. The highest BCUT2D eigenvalue weighted by atomic mass is 19.4. The van der Waals surface area contributed by atoms with Crippen LogP contribution in [-0.4, -0.2) is 55.2 Å². The molecule has 1 aliphatic carbocycles. The van der Waals surface area contributed by atoms with Crippen LogP contribution in [0.5, 0.6) is 0 Å². The van der Waals surface area contributed by atoms with E-state index in [9.17, 15) is 18.0 Å². The standard InChI is InChI=1S/C11H18F3N3O/c12-11(13,14)10(18)16-8-2-1-3-9(8)17-6-4-15-5-7-17/h8-9,15H,1-7H2,(H,16,18)/t8-,9-/m1/s1. The Bertz CT molecular complexity index is 302. The number of piperazine rings is 1. The molecule has 2 rings (SSSR count). The molecule has 0 unspecified atom stereocenters. The van der Waals surface area contributed by atoms with Gasteiger partial charge in [-0.05, 0) is 19.3 Å². The van der Waals surface area contributed by atoms with Crippen LogP contribution in [0, 0.1) is 0 Å². The maximum atomic E-state index is 12.2. The van der Waals surface area contributed by atoms with Gasteiger partial charge in [0.15, 0.2) is 0 Å². The Labute approximate surface area is 104 Å². The minimum atomic E-state index is -4.78. The van der Waals surface area contributed by atoms with Crippen molar-refractivity contribution in [2.75, 3.05) is 26.2 Å². The molecule has 7 heteroatoms. The van der Waals surface area contributed by atoms with Crippen LogP contribution in [0.15, 0.2) is 0 Å². The minimum Gasteiger partial charge on any atom is -0.344 e. The van der Waals surface area contributed by atoms with Crippen molar-refractivity contribution >= 4 is 5.91 Å². The Morgan fingerprint density at radius 3 is 2.50 bits per heavy atom. The van der Waals surface area contributed by atoms with Gasteiger partial charge in [0.05, 0.1) is 0 Å². The van der Waals surface area contributed by atoms with E-state index in [2.05, 4.69) is 15.5 Å². The fourth-order valence-electron chi connectivity index (χ4n) is 2.81. The molecule has 1 amide bonds. The highest BCUT2D eigenvalue weighted by Crippen LogP contribution is 2.26. The average Bonchev–Trinajstić information content (AvgIpc) is 2.77. The third kappa shape index (κ3) is 3.14. The maximum Gasteiger partial charge on any atom is 0.471 e. The van der Waals surface area contributed by atoms with Crippen molar-refractivity contribution in [1.29, 1.82) is 0 Å². The van der Waals surface area contributed by atoms with E-state index in [-0.39, 0.29) is 12.1 Å². The van der Waals surface area contributed by atoms with E-state index in [1.807, 2.05) is 0 Å². The van der Waals surface area contributed by atoms with Crippen molar-refractivity contribution in [1.82, 2.24) is 15.5 Å². The van der Waals surface area contributed by atoms with Crippen molar-refractivity contribution in [2.45, 2.75) is 37.5 Å². The first-order chi connectivity index (χ1) is 8.48. The SMILES string of the molecule is O=C(N[C@@H]1CCC[C@H]1N1CCNCC1)C(F)(F)F. The van der Waals surface area contributed by atoms with Gasteiger partial charge in [-0.15, -0.1) is 0 Å². The largest absolute Gasteiger partial charge is 0.471 e. The van der Waals surface area contributed by atoms with E-state index in [0.717, 1.165) is 39.0 Å². The molecular weight excluding hydrogens is 247 g/mol. The lowest BCUT2D eigenvalue weighted by Crippen LogP contribution is -2.55. The van der Waals surface area contributed by atoms with Crippen molar-refractivity contribution in [3.63, 3.8) is 0 Å². The molecule has 0 aromatic heterocycles. The van der Waals surface area contributed by atoms with Gasteiger partial charge in [-0.1, -0.05) is 0 Å². The van der Waals surface area contributed by atoms with Crippen molar-refractivity contribution < 1.29 is 18.0 Å². The van der Waals surface area contributed by atoms with Crippen LogP contribution in [-0.2, 0) is 4.79 Å². The molecule has 18 heavy (non-hydrogen) atoms. The summed E-state index contributed by atoms with van der Waals surface area (Å²) in [5.41, 5.74) is 0. The topological polar surface area (TPSA) is 44.4 Å². The van der Waals surface area contributed by atoms with Gasteiger partial charge in [0.2, 0.25) is 0 Å². The van der Waals surface area contributed by atoms with Crippen LogP contribution in [0.1, 0.15) is 19.3 Å². The smallest absolute Gasteiger partial charge is 0.344 e. The first-order valence-corrected chi connectivity index (χ1v) is 6.31. The molecular formula is C11H18F3N3O. The number of rotatable bonds is 2. The number of nitrogens with one attached hydrogen (secondary N) is 2. The zero-order valence-corrected chi connectivity index (χ0v) is 10.1. The highest BCUT2D eigenvalue weighted by molar-refractivity contribution is 5.82. The van der Waals surface area contributed by atoms with E-state index < -0.39 is 12.1 Å². The number of alkyl halides is 3. The molecule has 2 aliphatic rings. The predicted molar refractivity (Wildman–Crippen MR) is 60.1 cm³/mol. The number of amides is 1. The number of hydrogen-bond donors (Lipinski definition) is 2. The molecule has 0 spiro atoms. The second kappa shape index (κ2) is 5.44. The van der Waals surface area contributed by atoms with Gasteiger partial charge >= 0.3 is 12.1 Å². The average molecular weight is 265 g/mol. The first kappa shape index (κ1) is 13.6. The van der Waals surface area contributed by atoms with Crippen molar-refractivity contribution in [3.05, 3.63) is 0 Å². The molecule has 1 aliphatic heterocycles. The van der Waals surface area contributed by atoms with Gasteiger partial charge < -0.3 is 10.6 Å². The van der Waals surface area contributed by atoms with Crippen molar-refractivity contribution in [3.8, 4) is 0 Å². The van der Waals surface area contributed by atoms with E-state index in [4.69, 9.17) is 0 Å². The lowest BCUT2D eigenvalue weighted by atomic mass is 10.1. The Morgan fingerprint density at radius 1 is 1.22 bits per heavy atom. The Balaban J connectivity index is 1.93. The Morgan fingerprint density at radius 2 is 1.89 bits per heavy atom. The second-order valence-corrected chi connectivity index (χ2v) is 4.86. The third-order valence-electron chi connectivity index (χ3n) is 3.67. The van der Waals surface area contributed by atoms with Crippen molar-refractivity contribution in [2.24, 2.45) is 0 Å². The number of hydrogen-bond acceptors (Lipinski definition) is 3. The molecule has 2 N–H and O–H groups in total.